The highest BCUT2D eigenvalue weighted by atomic mass is 16.5. The van der Waals surface area contributed by atoms with Crippen molar-refractivity contribution in [2.45, 2.75) is 32.2 Å². The standard InChI is InChI=1S/C19H31N3O2/c1-4-13-24-18-8-6-5-7-16(18)9-10-20-19(23)14-17-15-21(2)11-12-22(17)3/h5-8,17H,4,9-15H2,1-3H3,(H,20,23)/t17-/m0/s1. The number of amides is 1. The maximum atomic E-state index is 12.2. The molecule has 1 aliphatic heterocycles. The lowest BCUT2D eigenvalue weighted by atomic mass is 10.1. The molecule has 1 N–H and O–H groups in total. The van der Waals surface area contributed by atoms with E-state index in [2.05, 4.69) is 42.2 Å². The topological polar surface area (TPSA) is 44.8 Å². The SMILES string of the molecule is CCCOc1ccccc1CCNC(=O)C[C@H]1CN(C)CCN1C. The Hall–Kier alpha value is -1.59. The number of nitrogens with zero attached hydrogens (tertiary/aromatic N) is 2. The van der Waals surface area contributed by atoms with Crippen LogP contribution in [0.5, 0.6) is 5.75 Å². The number of hydrogen-bond donors (Lipinski definition) is 1. The molecule has 0 unspecified atom stereocenters. The highest BCUT2D eigenvalue weighted by molar-refractivity contribution is 5.76. The Kier molecular flexibility index (Phi) is 7.53. The predicted octanol–water partition coefficient (Wildman–Crippen LogP) is 1.77. The average molecular weight is 333 g/mol. The molecule has 0 bridgehead atoms. The zero-order valence-corrected chi connectivity index (χ0v) is 15.3. The first-order valence-corrected chi connectivity index (χ1v) is 8.96. The molecule has 1 aromatic carbocycles. The molecule has 1 atom stereocenters. The van der Waals surface area contributed by atoms with Gasteiger partial charge < -0.3 is 19.9 Å². The van der Waals surface area contributed by atoms with Crippen LogP contribution in [0.2, 0.25) is 0 Å². The predicted molar refractivity (Wildman–Crippen MR) is 97.5 cm³/mol. The number of carbonyl (C=O) groups excluding carboxylic acids is 1. The molecule has 0 saturated carbocycles. The Morgan fingerprint density at radius 3 is 2.88 bits per heavy atom. The van der Waals surface area contributed by atoms with Crippen molar-refractivity contribution >= 4 is 5.91 Å². The van der Waals surface area contributed by atoms with Gasteiger partial charge in [0.2, 0.25) is 5.91 Å². The molecule has 5 heteroatoms. The van der Waals surface area contributed by atoms with Crippen molar-refractivity contribution in [2.24, 2.45) is 0 Å². The molecule has 24 heavy (non-hydrogen) atoms. The summed E-state index contributed by atoms with van der Waals surface area (Å²) < 4.78 is 5.77. The molecule has 5 nitrogen and oxygen atoms in total. The summed E-state index contributed by atoms with van der Waals surface area (Å²) in [7, 11) is 4.22. The highest BCUT2D eigenvalue weighted by Crippen LogP contribution is 2.18. The van der Waals surface area contributed by atoms with Gasteiger partial charge >= 0.3 is 0 Å². The molecule has 2 rings (SSSR count). The quantitative estimate of drug-likeness (QED) is 0.787. The molecule has 1 saturated heterocycles. The fourth-order valence-electron chi connectivity index (χ4n) is 3.01. The Morgan fingerprint density at radius 1 is 1.29 bits per heavy atom. The molecule has 134 valence electrons. The van der Waals surface area contributed by atoms with Crippen LogP contribution in [0, 0.1) is 0 Å². The minimum Gasteiger partial charge on any atom is -0.493 e. The van der Waals surface area contributed by atoms with E-state index in [9.17, 15) is 4.79 Å². The Labute approximate surface area is 146 Å². The lowest BCUT2D eigenvalue weighted by molar-refractivity contribution is -0.122. The molecule has 1 heterocycles. The average Bonchev–Trinajstić information content (AvgIpc) is 2.57. The summed E-state index contributed by atoms with van der Waals surface area (Å²) in [5.74, 6) is 1.07. The van der Waals surface area contributed by atoms with Crippen LogP contribution in [0.25, 0.3) is 0 Å². The van der Waals surface area contributed by atoms with E-state index in [1.54, 1.807) is 0 Å². The van der Waals surface area contributed by atoms with Crippen molar-refractivity contribution in [3.05, 3.63) is 29.8 Å². The van der Waals surface area contributed by atoms with Gasteiger partial charge in [-0.25, -0.2) is 0 Å². The lowest BCUT2D eigenvalue weighted by Crippen LogP contribution is -2.51. The number of piperazine rings is 1. The second-order valence-corrected chi connectivity index (χ2v) is 6.66. The first-order valence-electron chi connectivity index (χ1n) is 8.96. The molecular weight excluding hydrogens is 302 g/mol. The Bertz CT molecular complexity index is 521. The zero-order valence-electron chi connectivity index (χ0n) is 15.3. The summed E-state index contributed by atoms with van der Waals surface area (Å²) in [6.07, 6.45) is 2.36. The van der Waals surface area contributed by atoms with E-state index in [-0.39, 0.29) is 5.91 Å². The van der Waals surface area contributed by atoms with E-state index in [4.69, 9.17) is 4.74 Å². The Balaban J connectivity index is 1.76. The number of ether oxygens (including phenoxy) is 1. The van der Waals surface area contributed by atoms with Crippen LogP contribution < -0.4 is 10.1 Å². The molecule has 1 aliphatic rings. The van der Waals surface area contributed by atoms with Crippen molar-refractivity contribution in [2.75, 3.05) is 46.9 Å². The largest absolute Gasteiger partial charge is 0.493 e. The monoisotopic (exact) mass is 333 g/mol. The van der Waals surface area contributed by atoms with Crippen LogP contribution >= 0.6 is 0 Å². The fraction of sp³-hybridized carbons (Fsp3) is 0.632. The maximum absolute atomic E-state index is 12.2. The third-order valence-electron chi connectivity index (χ3n) is 4.55. The zero-order chi connectivity index (χ0) is 17.4. The first-order chi connectivity index (χ1) is 11.6. The van der Waals surface area contributed by atoms with Gasteiger partial charge in [0.05, 0.1) is 6.61 Å². The third kappa shape index (κ3) is 5.80. The number of rotatable bonds is 8. The molecule has 0 aliphatic carbocycles. The van der Waals surface area contributed by atoms with Gasteiger partial charge in [0.15, 0.2) is 0 Å². The minimum atomic E-state index is 0.133. The smallest absolute Gasteiger partial charge is 0.221 e. The summed E-state index contributed by atoms with van der Waals surface area (Å²) in [6, 6.07) is 8.38. The summed E-state index contributed by atoms with van der Waals surface area (Å²) >= 11 is 0. The van der Waals surface area contributed by atoms with E-state index in [1.807, 2.05) is 18.2 Å². The normalized spacial score (nSPS) is 19.2. The number of nitrogens with one attached hydrogen (secondary N) is 1. The summed E-state index contributed by atoms with van der Waals surface area (Å²) in [6.45, 7) is 6.53. The van der Waals surface area contributed by atoms with Gasteiger partial charge in [-0.15, -0.1) is 0 Å². The van der Waals surface area contributed by atoms with Gasteiger partial charge in [-0.2, -0.15) is 0 Å². The van der Waals surface area contributed by atoms with Gasteiger partial charge in [-0.05, 0) is 38.6 Å². The van der Waals surface area contributed by atoms with Crippen LogP contribution in [-0.4, -0.2) is 68.6 Å². The Morgan fingerprint density at radius 2 is 2.08 bits per heavy atom. The minimum absolute atomic E-state index is 0.133. The van der Waals surface area contributed by atoms with E-state index in [0.29, 0.717) is 19.0 Å². The van der Waals surface area contributed by atoms with E-state index >= 15 is 0 Å². The van der Waals surface area contributed by atoms with Crippen molar-refractivity contribution < 1.29 is 9.53 Å². The summed E-state index contributed by atoms with van der Waals surface area (Å²) in [4.78, 5) is 16.8. The second kappa shape index (κ2) is 9.64. The number of carbonyl (C=O) groups is 1. The fourth-order valence-corrected chi connectivity index (χ4v) is 3.01. The van der Waals surface area contributed by atoms with Crippen LogP contribution in [0.1, 0.15) is 25.3 Å². The molecule has 0 aromatic heterocycles. The van der Waals surface area contributed by atoms with Crippen LogP contribution in [0.15, 0.2) is 24.3 Å². The third-order valence-corrected chi connectivity index (χ3v) is 4.55. The molecule has 0 spiro atoms. The number of benzene rings is 1. The summed E-state index contributed by atoms with van der Waals surface area (Å²) in [5.41, 5.74) is 1.15. The van der Waals surface area contributed by atoms with E-state index in [1.165, 1.54) is 0 Å². The van der Waals surface area contributed by atoms with Gasteiger partial charge in [0, 0.05) is 38.6 Å². The van der Waals surface area contributed by atoms with E-state index in [0.717, 1.165) is 50.4 Å². The molecule has 1 aromatic rings. The number of para-hydroxylation sites is 1. The second-order valence-electron chi connectivity index (χ2n) is 6.66. The van der Waals surface area contributed by atoms with Crippen LogP contribution in [-0.2, 0) is 11.2 Å². The molecule has 1 fully saturated rings. The number of likely N-dealkylation sites (N-methyl/N-ethyl adjacent to an activating group) is 2. The van der Waals surface area contributed by atoms with Gasteiger partial charge in [0.1, 0.15) is 5.75 Å². The number of hydrogen-bond acceptors (Lipinski definition) is 4. The molecular formula is C19H31N3O2. The van der Waals surface area contributed by atoms with Crippen molar-refractivity contribution in [1.82, 2.24) is 15.1 Å². The highest BCUT2D eigenvalue weighted by Gasteiger charge is 2.24. The van der Waals surface area contributed by atoms with Gasteiger partial charge in [-0.3, -0.25) is 4.79 Å². The molecule has 0 radical (unpaired) electrons. The van der Waals surface area contributed by atoms with Crippen molar-refractivity contribution in [3.63, 3.8) is 0 Å². The summed E-state index contributed by atoms with van der Waals surface area (Å²) in [5, 5.41) is 3.06. The van der Waals surface area contributed by atoms with Gasteiger partial charge in [0.25, 0.3) is 0 Å². The van der Waals surface area contributed by atoms with Crippen molar-refractivity contribution in [3.8, 4) is 5.75 Å². The maximum Gasteiger partial charge on any atom is 0.221 e. The van der Waals surface area contributed by atoms with E-state index < -0.39 is 0 Å². The molecule has 1 amide bonds. The van der Waals surface area contributed by atoms with Crippen molar-refractivity contribution in [1.29, 1.82) is 0 Å². The lowest BCUT2D eigenvalue weighted by Gasteiger charge is -2.37. The van der Waals surface area contributed by atoms with Crippen LogP contribution in [0.4, 0.5) is 0 Å². The van der Waals surface area contributed by atoms with Gasteiger partial charge in [-0.1, -0.05) is 25.1 Å². The first kappa shape index (κ1) is 18.7. The van der Waals surface area contributed by atoms with Crippen LogP contribution in [0.3, 0.4) is 0 Å².